The molecule has 0 radical (unpaired) electrons. The standard InChI is InChI=1S/C13H8BrF2NO4S/c14-10-3-2-8(6-9(10)13(18)19)22(20,21)17-12-5-7(15)1-4-11(12)16/h1-6,17H,(H,18,19). The Morgan fingerprint density at radius 2 is 1.82 bits per heavy atom. The Balaban J connectivity index is 2.45. The van der Waals surface area contributed by atoms with Crippen LogP contribution in [0.15, 0.2) is 45.8 Å². The third-order valence-electron chi connectivity index (χ3n) is 2.65. The third-order valence-corrected chi connectivity index (χ3v) is 4.71. The van der Waals surface area contributed by atoms with Crippen LogP contribution >= 0.6 is 15.9 Å². The number of carboxylic acid groups (broad SMARTS) is 1. The first-order chi connectivity index (χ1) is 10.2. The predicted octanol–water partition coefficient (Wildman–Crippen LogP) is 3.23. The van der Waals surface area contributed by atoms with E-state index in [0.29, 0.717) is 6.07 Å². The monoisotopic (exact) mass is 391 g/mol. The number of sulfonamides is 1. The van der Waals surface area contributed by atoms with Crippen molar-refractivity contribution in [3.63, 3.8) is 0 Å². The summed E-state index contributed by atoms with van der Waals surface area (Å²) >= 11 is 2.98. The van der Waals surface area contributed by atoms with Gasteiger partial charge in [0, 0.05) is 10.5 Å². The number of anilines is 1. The van der Waals surface area contributed by atoms with Crippen LogP contribution in [0.1, 0.15) is 10.4 Å². The Morgan fingerprint density at radius 1 is 1.14 bits per heavy atom. The smallest absolute Gasteiger partial charge is 0.336 e. The second-order valence-corrected chi connectivity index (χ2v) is 6.71. The van der Waals surface area contributed by atoms with Gasteiger partial charge in [-0.15, -0.1) is 0 Å². The molecule has 2 aromatic carbocycles. The topological polar surface area (TPSA) is 83.5 Å². The van der Waals surface area contributed by atoms with E-state index in [1.54, 1.807) is 0 Å². The fourth-order valence-corrected chi connectivity index (χ4v) is 3.12. The van der Waals surface area contributed by atoms with Gasteiger partial charge in [0.1, 0.15) is 11.6 Å². The predicted molar refractivity (Wildman–Crippen MR) is 78.3 cm³/mol. The molecule has 5 nitrogen and oxygen atoms in total. The van der Waals surface area contributed by atoms with Gasteiger partial charge in [0.05, 0.1) is 16.1 Å². The van der Waals surface area contributed by atoms with Gasteiger partial charge >= 0.3 is 5.97 Å². The van der Waals surface area contributed by atoms with E-state index in [-0.39, 0.29) is 10.0 Å². The molecule has 0 amide bonds. The number of hydrogen-bond acceptors (Lipinski definition) is 3. The Hall–Kier alpha value is -2.00. The normalized spacial score (nSPS) is 11.2. The second-order valence-electron chi connectivity index (χ2n) is 4.18. The Morgan fingerprint density at radius 3 is 2.45 bits per heavy atom. The van der Waals surface area contributed by atoms with E-state index in [1.165, 1.54) is 6.07 Å². The second kappa shape index (κ2) is 6.01. The number of benzene rings is 2. The van der Waals surface area contributed by atoms with Crippen LogP contribution in [0.4, 0.5) is 14.5 Å². The molecule has 0 aliphatic heterocycles. The van der Waals surface area contributed by atoms with Crippen molar-refractivity contribution in [1.29, 1.82) is 0 Å². The summed E-state index contributed by atoms with van der Waals surface area (Å²) in [5.74, 6) is -3.11. The van der Waals surface area contributed by atoms with Gasteiger partial charge in [-0.25, -0.2) is 22.0 Å². The zero-order valence-electron chi connectivity index (χ0n) is 10.7. The number of rotatable bonds is 4. The van der Waals surface area contributed by atoms with Crippen molar-refractivity contribution < 1.29 is 27.1 Å². The molecule has 0 saturated carbocycles. The number of aromatic carboxylic acids is 1. The van der Waals surface area contributed by atoms with E-state index in [2.05, 4.69) is 15.9 Å². The van der Waals surface area contributed by atoms with Gasteiger partial charge in [-0.05, 0) is 46.3 Å². The molecule has 116 valence electrons. The molecule has 9 heteroatoms. The average Bonchev–Trinajstić information content (AvgIpc) is 2.42. The maximum absolute atomic E-state index is 13.5. The third kappa shape index (κ3) is 3.42. The van der Waals surface area contributed by atoms with Gasteiger partial charge in [-0.1, -0.05) is 0 Å². The van der Waals surface area contributed by atoms with Gasteiger partial charge in [0.25, 0.3) is 10.0 Å². The maximum Gasteiger partial charge on any atom is 0.336 e. The summed E-state index contributed by atoms with van der Waals surface area (Å²) in [6.45, 7) is 0. The van der Waals surface area contributed by atoms with E-state index in [0.717, 1.165) is 24.3 Å². The van der Waals surface area contributed by atoms with Gasteiger partial charge in [0.15, 0.2) is 0 Å². The van der Waals surface area contributed by atoms with E-state index in [1.807, 2.05) is 4.72 Å². The molecule has 0 saturated heterocycles. The van der Waals surface area contributed by atoms with E-state index in [9.17, 15) is 22.0 Å². The fourth-order valence-electron chi connectivity index (χ4n) is 1.61. The molecular weight excluding hydrogens is 384 g/mol. The zero-order chi connectivity index (χ0) is 16.5. The lowest BCUT2D eigenvalue weighted by atomic mass is 10.2. The first kappa shape index (κ1) is 16.4. The minimum atomic E-state index is -4.27. The van der Waals surface area contributed by atoms with Gasteiger partial charge in [-0.3, -0.25) is 4.72 Å². The zero-order valence-corrected chi connectivity index (χ0v) is 13.1. The van der Waals surface area contributed by atoms with Crippen molar-refractivity contribution in [3.8, 4) is 0 Å². The highest BCUT2D eigenvalue weighted by molar-refractivity contribution is 9.10. The van der Waals surface area contributed by atoms with Crippen LogP contribution in [0.5, 0.6) is 0 Å². The number of hydrogen-bond donors (Lipinski definition) is 2. The number of nitrogens with one attached hydrogen (secondary N) is 1. The van der Waals surface area contributed by atoms with Crippen LogP contribution < -0.4 is 4.72 Å². The van der Waals surface area contributed by atoms with Crippen LogP contribution in [0.3, 0.4) is 0 Å². The molecule has 0 fully saturated rings. The first-order valence-electron chi connectivity index (χ1n) is 5.71. The molecule has 2 N–H and O–H groups in total. The lowest BCUT2D eigenvalue weighted by molar-refractivity contribution is 0.0695. The molecule has 2 aromatic rings. The van der Waals surface area contributed by atoms with Crippen LogP contribution in [0.25, 0.3) is 0 Å². The van der Waals surface area contributed by atoms with Crippen molar-refractivity contribution in [3.05, 3.63) is 58.1 Å². The highest BCUT2D eigenvalue weighted by atomic mass is 79.9. The summed E-state index contributed by atoms with van der Waals surface area (Å²) in [7, 11) is -4.27. The molecule has 0 atom stereocenters. The van der Waals surface area contributed by atoms with Gasteiger partial charge in [0.2, 0.25) is 0 Å². The van der Waals surface area contributed by atoms with Crippen molar-refractivity contribution in [1.82, 2.24) is 0 Å². The van der Waals surface area contributed by atoms with Crippen LogP contribution in [-0.2, 0) is 10.0 Å². The van der Waals surface area contributed by atoms with Gasteiger partial charge in [-0.2, -0.15) is 0 Å². The molecular formula is C13H8BrF2NO4S. The lowest BCUT2D eigenvalue weighted by Crippen LogP contribution is -2.15. The summed E-state index contributed by atoms with van der Waals surface area (Å²) in [5.41, 5.74) is -0.845. The number of carbonyl (C=O) groups is 1. The number of carboxylic acids is 1. The molecule has 0 aromatic heterocycles. The Bertz CT molecular complexity index is 855. The highest BCUT2D eigenvalue weighted by Crippen LogP contribution is 2.24. The molecule has 0 aliphatic rings. The molecule has 0 heterocycles. The van der Waals surface area contributed by atoms with Crippen LogP contribution in [-0.4, -0.2) is 19.5 Å². The first-order valence-corrected chi connectivity index (χ1v) is 7.99. The van der Waals surface area contributed by atoms with Crippen LogP contribution in [0, 0.1) is 11.6 Å². The average molecular weight is 392 g/mol. The van der Waals surface area contributed by atoms with Crippen molar-refractivity contribution >= 4 is 37.6 Å². The molecule has 0 aliphatic carbocycles. The summed E-state index contributed by atoms with van der Waals surface area (Å²) in [4.78, 5) is 10.6. The van der Waals surface area contributed by atoms with E-state index >= 15 is 0 Å². The van der Waals surface area contributed by atoms with Crippen molar-refractivity contribution in [2.75, 3.05) is 4.72 Å². The quantitative estimate of drug-likeness (QED) is 0.837. The number of halogens is 3. The molecule has 2 rings (SSSR count). The maximum atomic E-state index is 13.5. The molecule has 0 bridgehead atoms. The highest BCUT2D eigenvalue weighted by Gasteiger charge is 2.20. The minimum Gasteiger partial charge on any atom is -0.478 e. The summed E-state index contributed by atoms with van der Waals surface area (Å²) in [6.07, 6.45) is 0. The summed E-state index contributed by atoms with van der Waals surface area (Å²) < 4.78 is 52.9. The largest absolute Gasteiger partial charge is 0.478 e. The summed E-state index contributed by atoms with van der Waals surface area (Å²) in [5, 5.41) is 8.97. The SMILES string of the molecule is O=C(O)c1cc(S(=O)(=O)Nc2cc(F)ccc2F)ccc1Br. The Kier molecular flexibility index (Phi) is 4.47. The molecule has 0 unspecified atom stereocenters. The lowest BCUT2D eigenvalue weighted by Gasteiger charge is -2.10. The van der Waals surface area contributed by atoms with Crippen molar-refractivity contribution in [2.24, 2.45) is 0 Å². The Labute approximate surface area is 132 Å². The van der Waals surface area contributed by atoms with Crippen LogP contribution in [0.2, 0.25) is 0 Å². The van der Waals surface area contributed by atoms with E-state index < -0.39 is 38.2 Å². The molecule has 22 heavy (non-hydrogen) atoms. The van der Waals surface area contributed by atoms with E-state index in [4.69, 9.17) is 5.11 Å². The molecule has 0 spiro atoms. The van der Waals surface area contributed by atoms with Gasteiger partial charge < -0.3 is 5.11 Å². The minimum absolute atomic E-state index is 0.191. The summed E-state index contributed by atoms with van der Waals surface area (Å²) in [6, 6.07) is 5.58. The van der Waals surface area contributed by atoms with Crippen molar-refractivity contribution in [2.45, 2.75) is 4.90 Å². The fraction of sp³-hybridized carbons (Fsp3) is 0.